The van der Waals surface area contributed by atoms with Crippen LogP contribution >= 0.6 is 39.7 Å². The van der Waals surface area contributed by atoms with Crippen molar-refractivity contribution in [2.75, 3.05) is 24.6 Å². The quantitative estimate of drug-likeness (QED) is 0.837. The summed E-state index contributed by atoms with van der Waals surface area (Å²) in [6.07, 6.45) is 1.48. The Hall–Kier alpha value is -0.430. The fourth-order valence-corrected chi connectivity index (χ4v) is 2.55. The third-order valence-electron chi connectivity index (χ3n) is 2.47. The van der Waals surface area contributed by atoms with Crippen LogP contribution < -0.4 is 10.6 Å². The van der Waals surface area contributed by atoms with Crippen LogP contribution in [0.25, 0.3) is 0 Å². The Labute approximate surface area is 118 Å². The molecular formula is C10H11BrClN3OS. The molecule has 2 N–H and O–H groups in total. The Balaban J connectivity index is 2.19. The Morgan fingerprint density at radius 3 is 3.12 bits per heavy atom. The van der Waals surface area contributed by atoms with E-state index in [1.165, 1.54) is 0 Å². The standard InChI is InChI=1S/C10H11BrClN3OS/c11-6-3-7(12)10(14-4-6)15-1-2-16-8(5-15)9(13)17/h3-4,8H,1-2,5H2,(H2,13,17). The summed E-state index contributed by atoms with van der Waals surface area (Å²) in [5.41, 5.74) is 5.59. The van der Waals surface area contributed by atoms with Gasteiger partial charge in [0.15, 0.2) is 0 Å². The molecule has 1 aromatic rings. The van der Waals surface area contributed by atoms with Crippen molar-refractivity contribution >= 4 is 50.6 Å². The first-order chi connectivity index (χ1) is 8.08. The number of nitrogens with zero attached hydrogens (tertiary/aromatic N) is 2. The van der Waals surface area contributed by atoms with Crippen molar-refractivity contribution in [3.8, 4) is 0 Å². The molecule has 7 heteroatoms. The van der Waals surface area contributed by atoms with Crippen LogP contribution in [0.1, 0.15) is 0 Å². The molecule has 1 atom stereocenters. The van der Waals surface area contributed by atoms with Crippen LogP contribution in [0.15, 0.2) is 16.7 Å². The minimum Gasteiger partial charge on any atom is -0.391 e. The molecule has 1 aliphatic heterocycles. The Morgan fingerprint density at radius 1 is 1.71 bits per heavy atom. The van der Waals surface area contributed by atoms with Gasteiger partial charge in [-0.2, -0.15) is 0 Å². The van der Waals surface area contributed by atoms with Crippen molar-refractivity contribution in [1.29, 1.82) is 0 Å². The first-order valence-electron chi connectivity index (χ1n) is 5.05. The fourth-order valence-electron chi connectivity index (χ4n) is 1.65. The molecule has 2 rings (SSSR count). The van der Waals surface area contributed by atoms with Gasteiger partial charge in [0.2, 0.25) is 0 Å². The highest BCUT2D eigenvalue weighted by Crippen LogP contribution is 2.27. The summed E-state index contributed by atoms with van der Waals surface area (Å²) >= 11 is 14.4. The zero-order valence-corrected chi connectivity index (χ0v) is 12.1. The summed E-state index contributed by atoms with van der Waals surface area (Å²) in [7, 11) is 0. The van der Waals surface area contributed by atoms with Crippen molar-refractivity contribution < 1.29 is 4.74 Å². The van der Waals surface area contributed by atoms with Gasteiger partial charge < -0.3 is 15.4 Å². The van der Waals surface area contributed by atoms with Crippen LogP contribution in [0.3, 0.4) is 0 Å². The summed E-state index contributed by atoms with van der Waals surface area (Å²) < 4.78 is 6.32. The van der Waals surface area contributed by atoms with Gasteiger partial charge in [0, 0.05) is 17.2 Å². The molecule has 0 bridgehead atoms. The second-order valence-electron chi connectivity index (χ2n) is 3.67. The van der Waals surface area contributed by atoms with E-state index in [1.807, 2.05) is 11.0 Å². The molecule has 0 saturated carbocycles. The van der Waals surface area contributed by atoms with Crippen LogP contribution in [0.2, 0.25) is 5.02 Å². The molecule has 0 aromatic carbocycles. The van der Waals surface area contributed by atoms with E-state index in [9.17, 15) is 0 Å². The zero-order valence-electron chi connectivity index (χ0n) is 8.90. The molecule has 1 aliphatic rings. The first kappa shape index (κ1) is 13.0. The van der Waals surface area contributed by atoms with Crippen molar-refractivity contribution in [1.82, 2.24) is 4.98 Å². The number of aromatic nitrogens is 1. The maximum atomic E-state index is 6.15. The lowest BCUT2D eigenvalue weighted by Crippen LogP contribution is -2.48. The van der Waals surface area contributed by atoms with Crippen molar-refractivity contribution in [3.63, 3.8) is 0 Å². The van der Waals surface area contributed by atoms with E-state index in [1.54, 1.807) is 6.20 Å². The lowest BCUT2D eigenvalue weighted by atomic mass is 10.2. The van der Waals surface area contributed by atoms with Crippen LogP contribution in [-0.2, 0) is 4.74 Å². The number of anilines is 1. The summed E-state index contributed by atoms with van der Waals surface area (Å²) in [5.74, 6) is 0.736. The van der Waals surface area contributed by atoms with Gasteiger partial charge in [-0.25, -0.2) is 4.98 Å². The number of halogens is 2. The van der Waals surface area contributed by atoms with Gasteiger partial charge in [0.25, 0.3) is 0 Å². The minimum absolute atomic E-state index is 0.236. The summed E-state index contributed by atoms with van der Waals surface area (Å²) in [5, 5.41) is 0.600. The van der Waals surface area contributed by atoms with Gasteiger partial charge in [0.1, 0.15) is 16.9 Å². The number of pyridine rings is 1. The number of rotatable bonds is 2. The Bertz CT molecular complexity index is 446. The molecular weight excluding hydrogens is 326 g/mol. The number of ether oxygens (including phenoxy) is 1. The molecule has 17 heavy (non-hydrogen) atoms. The maximum absolute atomic E-state index is 6.15. The molecule has 1 fully saturated rings. The lowest BCUT2D eigenvalue weighted by molar-refractivity contribution is 0.0844. The second-order valence-corrected chi connectivity index (χ2v) is 5.46. The van der Waals surface area contributed by atoms with Crippen LogP contribution in [0.4, 0.5) is 5.82 Å². The van der Waals surface area contributed by atoms with Gasteiger partial charge in [-0.15, -0.1) is 0 Å². The summed E-state index contributed by atoms with van der Waals surface area (Å²) in [6, 6.07) is 1.81. The Morgan fingerprint density at radius 2 is 2.47 bits per heavy atom. The minimum atomic E-state index is -0.236. The average molecular weight is 337 g/mol. The van der Waals surface area contributed by atoms with E-state index >= 15 is 0 Å². The fraction of sp³-hybridized carbons (Fsp3) is 0.400. The number of nitrogens with two attached hydrogens (primary N) is 1. The molecule has 1 unspecified atom stereocenters. The predicted octanol–water partition coefficient (Wildman–Crippen LogP) is 1.99. The van der Waals surface area contributed by atoms with Crippen molar-refractivity contribution in [3.05, 3.63) is 21.8 Å². The average Bonchev–Trinajstić information content (AvgIpc) is 2.29. The molecule has 0 amide bonds. The van der Waals surface area contributed by atoms with E-state index in [4.69, 9.17) is 34.3 Å². The lowest BCUT2D eigenvalue weighted by Gasteiger charge is -2.33. The third-order valence-corrected chi connectivity index (χ3v) is 3.45. The van der Waals surface area contributed by atoms with Gasteiger partial charge in [0.05, 0.1) is 18.2 Å². The van der Waals surface area contributed by atoms with Gasteiger partial charge in [-0.05, 0) is 22.0 Å². The molecule has 0 aliphatic carbocycles. The number of hydrogen-bond donors (Lipinski definition) is 1. The molecule has 1 saturated heterocycles. The van der Waals surface area contributed by atoms with Crippen molar-refractivity contribution in [2.45, 2.75) is 6.10 Å². The predicted molar refractivity (Wildman–Crippen MR) is 75.7 cm³/mol. The molecule has 92 valence electrons. The third kappa shape index (κ3) is 3.07. The molecule has 0 spiro atoms. The van der Waals surface area contributed by atoms with E-state index in [2.05, 4.69) is 20.9 Å². The van der Waals surface area contributed by atoms with Crippen LogP contribution in [-0.4, -0.2) is 35.8 Å². The van der Waals surface area contributed by atoms with Crippen LogP contribution in [0, 0.1) is 0 Å². The monoisotopic (exact) mass is 335 g/mol. The summed E-state index contributed by atoms with van der Waals surface area (Å²) in [4.78, 5) is 6.70. The molecule has 2 heterocycles. The van der Waals surface area contributed by atoms with Gasteiger partial charge >= 0.3 is 0 Å². The number of thiocarbonyl (C=S) groups is 1. The highest BCUT2D eigenvalue weighted by atomic mass is 79.9. The highest BCUT2D eigenvalue weighted by molar-refractivity contribution is 9.10. The Kier molecular flexibility index (Phi) is 4.19. The van der Waals surface area contributed by atoms with Gasteiger partial charge in [-0.1, -0.05) is 23.8 Å². The second kappa shape index (κ2) is 5.48. The SMILES string of the molecule is NC(=S)C1CN(c2ncc(Br)cc2Cl)CCO1. The highest BCUT2D eigenvalue weighted by Gasteiger charge is 2.24. The summed E-state index contributed by atoms with van der Waals surface area (Å²) in [6.45, 7) is 1.88. The van der Waals surface area contributed by atoms with E-state index in [0.717, 1.165) is 16.8 Å². The first-order valence-corrected chi connectivity index (χ1v) is 6.63. The van der Waals surface area contributed by atoms with E-state index < -0.39 is 0 Å². The van der Waals surface area contributed by atoms with E-state index in [-0.39, 0.29) is 6.10 Å². The maximum Gasteiger partial charge on any atom is 0.147 e. The van der Waals surface area contributed by atoms with Crippen molar-refractivity contribution in [2.24, 2.45) is 5.73 Å². The smallest absolute Gasteiger partial charge is 0.147 e. The normalized spacial score (nSPS) is 20.4. The van der Waals surface area contributed by atoms with Crippen LogP contribution in [0.5, 0.6) is 0 Å². The zero-order chi connectivity index (χ0) is 12.4. The molecule has 1 aromatic heterocycles. The molecule has 4 nitrogen and oxygen atoms in total. The largest absolute Gasteiger partial charge is 0.391 e. The number of hydrogen-bond acceptors (Lipinski definition) is 4. The molecule has 0 radical (unpaired) electrons. The van der Waals surface area contributed by atoms with Gasteiger partial charge in [-0.3, -0.25) is 0 Å². The van der Waals surface area contributed by atoms with E-state index in [0.29, 0.717) is 23.2 Å². The topological polar surface area (TPSA) is 51.4 Å². The number of morpholine rings is 1.